The quantitative estimate of drug-likeness (QED) is 0.790. The first-order valence-electron chi connectivity index (χ1n) is 7.33. The Morgan fingerprint density at radius 2 is 2.00 bits per heavy atom. The summed E-state index contributed by atoms with van der Waals surface area (Å²) >= 11 is 0. The lowest BCUT2D eigenvalue weighted by Crippen LogP contribution is -2.45. The van der Waals surface area contributed by atoms with Crippen molar-refractivity contribution in [1.82, 2.24) is 0 Å². The molecular weight excluding hydrogens is 252 g/mol. The molecule has 1 fully saturated rings. The SMILES string of the molecule is CCOC(=O)C[C@@]1(c2ccccc2)CCOC(C)(C)C1. The number of hydrogen-bond acceptors (Lipinski definition) is 3. The summed E-state index contributed by atoms with van der Waals surface area (Å²) in [5.74, 6) is -0.117. The molecule has 0 spiro atoms. The lowest BCUT2D eigenvalue weighted by Gasteiger charge is -2.45. The molecule has 1 saturated heterocycles. The molecule has 0 N–H and O–H groups in total. The second-order valence-corrected chi connectivity index (χ2v) is 6.16. The van der Waals surface area contributed by atoms with Gasteiger partial charge in [0, 0.05) is 12.0 Å². The monoisotopic (exact) mass is 276 g/mol. The lowest BCUT2D eigenvalue weighted by atomic mass is 9.67. The minimum atomic E-state index is -0.208. The van der Waals surface area contributed by atoms with Crippen molar-refractivity contribution in [3.63, 3.8) is 0 Å². The number of benzene rings is 1. The molecule has 0 aromatic heterocycles. The Kier molecular flexibility index (Phi) is 4.48. The number of hydrogen-bond donors (Lipinski definition) is 0. The van der Waals surface area contributed by atoms with Crippen LogP contribution in [0.4, 0.5) is 0 Å². The summed E-state index contributed by atoms with van der Waals surface area (Å²) in [6.07, 6.45) is 2.12. The molecule has 1 atom stereocenters. The second-order valence-electron chi connectivity index (χ2n) is 6.16. The third kappa shape index (κ3) is 3.40. The van der Waals surface area contributed by atoms with Gasteiger partial charge in [0.2, 0.25) is 0 Å². The number of rotatable bonds is 4. The zero-order chi connectivity index (χ0) is 14.6. The van der Waals surface area contributed by atoms with E-state index >= 15 is 0 Å². The number of carbonyl (C=O) groups is 1. The first-order valence-corrected chi connectivity index (χ1v) is 7.33. The van der Waals surface area contributed by atoms with Gasteiger partial charge in [0.05, 0.1) is 18.6 Å². The van der Waals surface area contributed by atoms with E-state index in [9.17, 15) is 4.79 Å². The van der Waals surface area contributed by atoms with Crippen molar-refractivity contribution in [2.24, 2.45) is 0 Å². The Labute approximate surface area is 121 Å². The van der Waals surface area contributed by atoms with Crippen molar-refractivity contribution in [1.29, 1.82) is 0 Å². The highest BCUT2D eigenvalue weighted by molar-refractivity contribution is 5.71. The topological polar surface area (TPSA) is 35.5 Å². The molecular formula is C17H24O3. The molecule has 0 radical (unpaired) electrons. The Morgan fingerprint density at radius 3 is 2.60 bits per heavy atom. The molecule has 0 unspecified atom stereocenters. The first-order chi connectivity index (χ1) is 9.47. The molecule has 3 nitrogen and oxygen atoms in total. The fraction of sp³-hybridized carbons (Fsp3) is 0.588. The van der Waals surface area contributed by atoms with Gasteiger partial charge in [-0.05, 0) is 39.2 Å². The molecule has 110 valence electrons. The minimum Gasteiger partial charge on any atom is -0.466 e. The highest BCUT2D eigenvalue weighted by Crippen LogP contribution is 2.44. The molecule has 1 heterocycles. The van der Waals surface area contributed by atoms with Gasteiger partial charge in [-0.2, -0.15) is 0 Å². The van der Waals surface area contributed by atoms with E-state index in [4.69, 9.17) is 9.47 Å². The second kappa shape index (κ2) is 5.96. The fourth-order valence-corrected chi connectivity index (χ4v) is 3.26. The van der Waals surface area contributed by atoms with Crippen LogP contribution in [0.15, 0.2) is 30.3 Å². The Balaban J connectivity index is 2.31. The number of carbonyl (C=O) groups excluding carboxylic acids is 1. The molecule has 1 aliphatic heterocycles. The summed E-state index contributed by atoms with van der Waals surface area (Å²) in [7, 11) is 0. The van der Waals surface area contributed by atoms with E-state index in [1.165, 1.54) is 5.56 Å². The molecule has 1 aromatic carbocycles. The van der Waals surface area contributed by atoms with Crippen LogP contribution in [0.25, 0.3) is 0 Å². The molecule has 0 aliphatic carbocycles. The van der Waals surface area contributed by atoms with Crippen LogP contribution >= 0.6 is 0 Å². The van der Waals surface area contributed by atoms with Gasteiger partial charge >= 0.3 is 5.97 Å². The van der Waals surface area contributed by atoms with Crippen LogP contribution < -0.4 is 0 Å². The van der Waals surface area contributed by atoms with Gasteiger partial charge in [0.1, 0.15) is 0 Å². The van der Waals surface area contributed by atoms with Gasteiger partial charge in [-0.15, -0.1) is 0 Å². The van der Waals surface area contributed by atoms with Crippen LogP contribution in [0.1, 0.15) is 45.6 Å². The largest absolute Gasteiger partial charge is 0.466 e. The summed E-state index contributed by atoms with van der Waals surface area (Å²) in [5, 5.41) is 0. The van der Waals surface area contributed by atoms with E-state index in [0.29, 0.717) is 19.6 Å². The molecule has 1 aromatic rings. The van der Waals surface area contributed by atoms with Crippen LogP contribution in [0.3, 0.4) is 0 Å². The van der Waals surface area contributed by atoms with Gasteiger partial charge in [-0.25, -0.2) is 0 Å². The van der Waals surface area contributed by atoms with Crippen LogP contribution in [0.5, 0.6) is 0 Å². The Morgan fingerprint density at radius 1 is 1.30 bits per heavy atom. The minimum absolute atomic E-state index is 0.117. The van der Waals surface area contributed by atoms with Crippen molar-refractivity contribution < 1.29 is 14.3 Å². The first kappa shape index (κ1) is 15.0. The van der Waals surface area contributed by atoms with Crippen molar-refractivity contribution in [3.05, 3.63) is 35.9 Å². The summed E-state index contributed by atoms with van der Waals surface area (Å²) < 4.78 is 11.0. The highest BCUT2D eigenvalue weighted by atomic mass is 16.5. The maximum absolute atomic E-state index is 12.0. The van der Waals surface area contributed by atoms with Crippen molar-refractivity contribution >= 4 is 5.97 Å². The molecule has 2 rings (SSSR count). The normalized spacial score (nSPS) is 25.1. The molecule has 0 amide bonds. The zero-order valence-electron chi connectivity index (χ0n) is 12.6. The van der Waals surface area contributed by atoms with Gasteiger partial charge in [-0.1, -0.05) is 30.3 Å². The Bertz CT molecular complexity index is 453. The standard InChI is InChI=1S/C17H24O3/c1-4-19-15(18)12-17(14-8-6-5-7-9-14)10-11-20-16(2,3)13-17/h5-9H,4,10-13H2,1-3H3/t17-/m0/s1. The van der Waals surface area contributed by atoms with Crippen LogP contribution in [0.2, 0.25) is 0 Å². The van der Waals surface area contributed by atoms with E-state index in [0.717, 1.165) is 12.8 Å². The van der Waals surface area contributed by atoms with E-state index in [1.807, 2.05) is 25.1 Å². The van der Waals surface area contributed by atoms with E-state index in [-0.39, 0.29) is 17.0 Å². The predicted octanol–water partition coefficient (Wildman–Crippen LogP) is 3.47. The number of esters is 1. The van der Waals surface area contributed by atoms with Crippen LogP contribution in [-0.4, -0.2) is 24.8 Å². The summed E-state index contributed by atoms with van der Waals surface area (Å²) in [4.78, 5) is 12.0. The third-order valence-corrected chi connectivity index (χ3v) is 4.01. The van der Waals surface area contributed by atoms with E-state index in [1.54, 1.807) is 0 Å². The molecule has 1 aliphatic rings. The van der Waals surface area contributed by atoms with Gasteiger partial charge in [0.25, 0.3) is 0 Å². The Hall–Kier alpha value is -1.35. The summed E-state index contributed by atoms with van der Waals surface area (Å²) in [6, 6.07) is 10.3. The average molecular weight is 276 g/mol. The van der Waals surface area contributed by atoms with Gasteiger partial charge < -0.3 is 9.47 Å². The van der Waals surface area contributed by atoms with Gasteiger partial charge in [0.15, 0.2) is 0 Å². The van der Waals surface area contributed by atoms with E-state index in [2.05, 4.69) is 26.0 Å². The smallest absolute Gasteiger partial charge is 0.306 e. The van der Waals surface area contributed by atoms with Crippen molar-refractivity contribution in [3.8, 4) is 0 Å². The van der Waals surface area contributed by atoms with Crippen molar-refractivity contribution in [2.45, 2.75) is 51.0 Å². The molecule has 20 heavy (non-hydrogen) atoms. The van der Waals surface area contributed by atoms with Gasteiger partial charge in [-0.3, -0.25) is 4.79 Å². The number of ether oxygens (including phenoxy) is 2. The van der Waals surface area contributed by atoms with E-state index < -0.39 is 0 Å². The molecule has 3 heteroatoms. The predicted molar refractivity (Wildman–Crippen MR) is 78.6 cm³/mol. The summed E-state index contributed by atoms with van der Waals surface area (Å²) in [5.41, 5.74) is 0.833. The zero-order valence-corrected chi connectivity index (χ0v) is 12.6. The maximum atomic E-state index is 12.0. The molecule has 0 bridgehead atoms. The highest BCUT2D eigenvalue weighted by Gasteiger charge is 2.43. The average Bonchev–Trinajstić information content (AvgIpc) is 2.38. The maximum Gasteiger partial charge on any atom is 0.306 e. The van der Waals surface area contributed by atoms with Crippen LogP contribution in [-0.2, 0) is 19.7 Å². The lowest BCUT2D eigenvalue weighted by molar-refractivity contribution is -0.148. The fourth-order valence-electron chi connectivity index (χ4n) is 3.26. The van der Waals surface area contributed by atoms with Crippen molar-refractivity contribution in [2.75, 3.05) is 13.2 Å². The molecule has 0 saturated carbocycles. The van der Waals surface area contributed by atoms with Crippen LogP contribution in [0, 0.1) is 0 Å². The third-order valence-electron chi connectivity index (χ3n) is 4.01. The summed E-state index contributed by atoms with van der Waals surface area (Å²) in [6.45, 7) is 7.15.